The predicted octanol–water partition coefficient (Wildman–Crippen LogP) is 3.19. The summed E-state index contributed by atoms with van der Waals surface area (Å²) >= 11 is 1.74. The quantitative estimate of drug-likeness (QED) is 0.782. The number of aryl methyl sites for hydroxylation is 1. The molecule has 1 aromatic carbocycles. The van der Waals surface area contributed by atoms with Gasteiger partial charge in [0.2, 0.25) is 0 Å². The summed E-state index contributed by atoms with van der Waals surface area (Å²) in [5, 5.41) is 1.13. The minimum absolute atomic E-state index is 0.149. The number of benzene rings is 1. The van der Waals surface area contributed by atoms with Crippen LogP contribution in [0.25, 0.3) is 10.2 Å². The Morgan fingerprint density at radius 3 is 2.85 bits per heavy atom. The van der Waals surface area contributed by atoms with E-state index in [1.54, 1.807) is 17.5 Å². The second-order valence-corrected chi connectivity index (χ2v) is 6.05. The molecule has 0 spiro atoms. The van der Waals surface area contributed by atoms with Crippen molar-refractivity contribution in [2.45, 2.75) is 25.3 Å². The molecular weight excluding hydrogens is 266 g/mol. The van der Waals surface area contributed by atoms with E-state index in [-0.39, 0.29) is 6.04 Å². The van der Waals surface area contributed by atoms with Crippen LogP contribution in [0.3, 0.4) is 0 Å². The highest BCUT2D eigenvalue weighted by Gasteiger charge is 2.09. The van der Waals surface area contributed by atoms with Gasteiger partial charge in [0.25, 0.3) is 0 Å². The van der Waals surface area contributed by atoms with Gasteiger partial charge in [-0.05, 0) is 36.6 Å². The minimum Gasteiger partial charge on any atom is -0.327 e. The second kappa shape index (κ2) is 6.11. The summed E-state index contributed by atoms with van der Waals surface area (Å²) in [6, 6.07) is 12.4. The van der Waals surface area contributed by atoms with Crippen molar-refractivity contribution in [3.8, 4) is 0 Å². The highest BCUT2D eigenvalue weighted by Crippen LogP contribution is 2.22. The molecule has 4 heteroatoms. The van der Waals surface area contributed by atoms with E-state index >= 15 is 0 Å². The average molecular weight is 283 g/mol. The molecule has 1 unspecified atom stereocenters. The van der Waals surface area contributed by atoms with Crippen LogP contribution in [0.1, 0.15) is 17.0 Å². The van der Waals surface area contributed by atoms with Crippen molar-refractivity contribution in [1.29, 1.82) is 0 Å². The van der Waals surface area contributed by atoms with Crippen LogP contribution >= 0.6 is 11.3 Å². The molecule has 0 amide bonds. The molecule has 0 saturated heterocycles. The fraction of sp³-hybridized carbons (Fsp3) is 0.250. The molecule has 2 heterocycles. The molecule has 1 atom stereocenters. The zero-order valence-electron chi connectivity index (χ0n) is 11.2. The summed E-state index contributed by atoms with van der Waals surface area (Å²) in [5.74, 6) is 0. The maximum absolute atomic E-state index is 6.22. The molecular formula is C16H17N3S. The van der Waals surface area contributed by atoms with E-state index in [9.17, 15) is 0 Å². The lowest BCUT2D eigenvalue weighted by atomic mass is 10.1. The van der Waals surface area contributed by atoms with Gasteiger partial charge in [-0.3, -0.25) is 4.98 Å². The first-order valence-electron chi connectivity index (χ1n) is 6.80. The number of thiazole rings is 1. The topological polar surface area (TPSA) is 51.8 Å². The third kappa shape index (κ3) is 3.21. The van der Waals surface area contributed by atoms with Crippen molar-refractivity contribution in [2.24, 2.45) is 5.73 Å². The lowest BCUT2D eigenvalue weighted by molar-refractivity contribution is 0.608. The third-order valence-electron chi connectivity index (χ3n) is 3.30. The van der Waals surface area contributed by atoms with Gasteiger partial charge in [-0.15, -0.1) is 11.3 Å². The zero-order valence-corrected chi connectivity index (χ0v) is 12.0. The zero-order chi connectivity index (χ0) is 13.8. The number of nitrogens with two attached hydrogens (primary N) is 1. The summed E-state index contributed by atoms with van der Waals surface area (Å²) in [6.07, 6.45) is 6.48. The van der Waals surface area contributed by atoms with Crippen molar-refractivity contribution >= 4 is 21.6 Å². The first-order chi connectivity index (χ1) is 9.81. The van der Waals surface area contributed by atoms with Gasteiger partial charge in [-0.2, -0.15) is 0 Å². The van der Waals surface area contributed by atoms with Crippen LogP contribution in [0.15, 0.2) is 48.8 Å². The van der Waals surface area contributed by atoms with Crippen LogP contribution in [-0.2, 0) is 12.8 Å². The molecule has 3 aromatic rings. The highest BCUT2D eigenvalue weighted by atomic mass is 32.1. The van der Waals surface area contributed by atoms with E-state index in [4.69, 9.17) is 5.73 Å². The summed E-state index contributed by atoms with van der Waals surface area (Å²) in [6.45, 7) is 0. The Morgan fingerprint density at radius 1 is 1.15 bits per heavy atom. The number of hydrogen-bond donors (Lipinski definition) is 1. The van der Waals surface area contributed by atoms with Crippen molar-refractivity contribution in [1.82, 2.24) is 9.97 Å². The Bertz CT molecular complexity index is 645. The van der Waals surface area contributed by atoms with E-state index in [2.05, 4.69) is 28.2 Å². The average Bonchev–Trinajstić information content (AvgIpc) is 2.88. The third-order valence-corrected chi connectivity index (χ3v) is 4.36. The maximum atomic E-state index is 6.22. The standard InChI is InChI=1S/C16H17N3S/c17-13(8-7-12-4-3-9-18-11-12)10-16-19-14-5-1-2-6-15(14)20-16/h1-6,9,11,13H,7-8,10,17H2. The monoisotopic (exact) mass is 283 g/mol. The summed E-state index contributed by atoms with van der Waals surface area (Å²) in [5.41, 5.74) is 8.54. The van der Waals surface area contributed by atoms with Crippen LogP contribution in [0.2, 0.25) is 0 Å². The summed E-state index contributed by atoms with van der Waals surface area (Å²) in [7, 11) is 0. The predicted molar refractivity (Wildman–Crippen MR) is 83.9 cm³/mol. The molecule has 3 nitrogen and oxygen atoms in total. The first kappa shape index (κ1) is 13.2. The van der Waals surface area contributed by atoms with Crippen LogP contribution in [0, 0.1) is 0 Å². The van der Waals surface area contributed by atoms with Crippen molar-refractivity contribution < 1.29 is 0 Å². The lowest BCUT2D eigenvalue weighted by Crippen LogP contribution is -2.23. The van der Waals surface area contributed by atoms with Crippen molar-refractivity contribution in [3.63, 3.8) is 0 Å². The number of hydrogen-bond acceptors (Lipinski definition) is 4. The second-order valence-electron chi connectivity index (χ2n) is 4.94. The van der Waals surface area contributed by atoms with Gasteiger partial charge in [0.1, 0.15) is 0 Å². The number of rotatable bonds is 5. The maximum Gasteiger partial charge on any atom is 0.0954 e. The van der Waals surface area contributed by atoms with Gasteiger partial charge in [0.05, 0.1) is 15.2 Å². The molecule has 0 radical (unpaired) electrons. The Labute approximate surface area is 122 Å². The Morgan fingerprint density at radius 2 is 2.05 bits per heavy atom. The number of fused-ring (bicyclic) bond motifs is 1. The molecule has 2 aromatic heterocycles. The highest BCUT2D eigenvalue weighted by molar-refractivity contribution is 7.18. The molecule has 0 fully saturated rings. The van der Waals surface area contributed by atoms with Crippen LogP contribution in [-0.4, -0.2) is 16.0 Å². The van der Waals surface area contributed by atoms with E-state index in [1.807, 2.05) is 24.4 Å². The fourth-order valence-electron chi connectivity index (χ4n) is 2.23. The SMILES string of the molecule is NC(CCc1cccnc1)Cc1nc2ccccc2s1. The normalized spacial score (nSPS) is 12.7. The molecule has 0 aliphatic carbocycles. The largest absolute Gasteiger partial charge is 0.327 e. The summed E-state index contributed by atoms with van der Waals surface area (Å²) < 4.78 is 1.24. The number of aromatic nitrogens is 2. The minimum atomic E-state index is 0.149. The molecule has 20 heavy (non-hydrogen) atoms. The van der Waals surface area contributed by atoms with Gasteiger partial charge in [-0.1, -0.05) is 18.2 Å². The number of pyridine rings is 1. The van der Waals surface area contributed by atoms with Crippen LogP contribution < -0.4 is 5.73 Å². The van der Waals surface area contributed by atoms with Crippen LogP contribution in [0.4, 0.5) is 0 Å². The van der Waals surface area contributed by atoms with Gasteiger partial charge in [0, 0.05) is 24.9 Å². The van der Waals surface area contributed by atoms with Gasteiger partial charge in [0.15, 0.2) is 0 Å². The van der Waals surface area contributed by atoms with Gasteiger partial charge < -0.3 is 5.73 Å². The van der Waals surface area contributed by atoms with Gasteiger partial charge in [-0.25, -0.2) is 4.98 Å². The van der Waals surface area contributed by atoms with Crippen molar-refractivity contribution in [2.75, 3.05) is 0 Å². The van der Waals surface area contributed by atoms with E-state index in [0.717, 1.165) is 29.8 Å². The first-order valence-corrected chi connectivity index (χ1v) is 7.62. The molecule has 2 N–H and O–H groups in total. The molecule has 0 aliphatic heterocycles. The van der Waals surface area contributed by atoms with Crippen LogP contribution in [0.5, 0.6) is 0 Å². The Kier molecular flexibility index (Phi) is 4.04. The Hall–Kier alpha value is -1.78. The number of para-hydroxylation sites is 1. The van der Waals surface area contributed by atoms with E-state index in [0.29, 0.717) is 0 Å². The molecule has 0 saturated carbocycles. The smallest absolute Gasteiger partial charge is 0.0954 e. The molecule has 3 rings (SSSR count). The molecule has 0 aliphatic rings. The lowest BCUT2D eigenvalue weighted by Gasteiger charge is -2.09. The summed E-state index contributed by atoms with van der Waals surface area (Å²) in [4.78, 5) is 8.76. The Balaban J connectivity index is 1.59. The number of nitrogens with zero attached hydrogens (tertiary/aromatic N) is 2. The fourth-order valence-corrected chi connectivity index (χ4v) is 3.29. The van der Waals surface area contributed by atoms with E-state index in [1.165, 1.54) is 10.3 Å². The van der Waals surface area contributed by atoms with Gasteiger partial charge >= 0.3 is 0 Å². The molecule has 0 bridgehead atoms. The van der Waals surface area contributed by atoms with E-state index < -0.39 is 0 Å². The van der Waals surface area contributed by atoms with Crippen molar-refractivity contribution in [3.05, 3.63) is 59.4 Å². The molecule has 102 valence electrons.